The van der Waals surface area contributed by atoms with E-state index in [4.69, 9.17) is 5.73 Å². The number of carbonyl (C=O) groups is 1. The molecule has 29 heavy (non-hydrogen) atoms. The van der Waals surface area contributed by atoms with Gasteiger partial charge in [-0.3, -0.25) is 4.79 Å². The van der Waals surface area contributed by atoms with Crippen LogP contribution in [-0.4, -0.2) is 5.78 Å². The smallest absolute Gasteiger partial charge is 0.164 e. The second-order valence-corrected chi connectivity index (χ2v) is 8.09. The van der Waals surface area contributed by atoms with Crippen molar-refractivity contribution < 1.29 is 9.18 Å². The van der Waals surface area contributed by atoms with Crippen LogP contribution < -0.4 is 5.73 Å². The fraction of sp³-hybridized carbons (Fsp3) is 0.0800. The zero-order valence-corrected chi connectivity index (χ0v) is 16.5. The van der Waals surface area contributed by atoms with E-state index in [0.29, 0.717) is 17.7 Å². The number of ketones is 1. The van der Waals surface area contributed by atoms with E-state index in [2.05, 4.69) is 24.3 Å². The largest absolute Gasteiger partial charge is 0.398 e. The zero-order valence-electron chi connectivity index (χ0n) is 15.7. The Hall–Kier alpha value is -3.11. The van der Waals surface area contributed by atoms with E-state index < -0.39 is 0 Å². The Labute approximate surface area is 173 Å². The molecule has 0 saturated heterocycles. The Morgan fingerprint density at radius 3 is 2.34 bits per heavy atom. The molecule has 0 amide bonds. The highest BCUT2D eigenvalue weighted by Gasteiger charge is 2.21. The Balaban J connectivity index is 1.73. The predicted molar refractivity (Wildman–Crippen MR) is 119 cm³/mol. The fourth-order valence-electron chi connectivity index (χ4n) is 3.41. The number of thioether (sulfide) groups is 1. The molecule has 2 nitrogen and oxygen atoms in total. The van der Waals surface area contributed by atoms with Gasteiger partial charge in [-0.05, 0) is 52.7 Å². The highest BCUT2D eigenvalue weighted by Crippen LogP contribution is 2.43. The van der Waals surface area contributed by atoms with Crippen LogP contribution in [-0.2, 0) is 0 Å². The fourth-order valence-corrected chi connectivity index (χ4v) is 4.64. The van der Waals surface area contributed by atoms with Crippen LogP contribution in [0.5, 0.6) is 0 Å². The van der Waals surface area contributed by atoms with Crippen molar-refractivity contribution >= 4 is 34.0 Å². The highest BCUT2D eigenvalue weighted by molar-refractivity contribution is 7.99. The maximum atomic E-state index is 13.3. The van der Waals surface area contributed by atoms with E-state index in [1.165, 1.54) is 12.1 Å². The first-order chi connectivity index (χ1) is 14.1. The van der Waals surface area contributed by atoms with Gasteiger partial charge in [0.25, 0.3) is 0 Å². The van der Waals surface area contributed by atoms with Crippen molar-refractivity contribution in [1.82, 2.24) is 0 Å². The topological polar surface area (TPSA) is 43.1 Å². The Kier molecular flexibility index (Phi) is 5.63. The van der Waals surface area contributed by atoms with Crippen molar-refractivity contribution in [2.24, 2.45) is 0 Å². The van der Waals surface area contributed by atoms with Crippen LogP contribution in [0, 0.1) is 5.82 Å². The maximum absolute atomic E-state index is 13.3. The minimum absolute atomic E-state index is 0.0232. The van der Waals surface area contributed by atoms with Crippen LogP contribution in [0.4, 0.5) is 10.1 Å². The van der Waals surface area contributed by atoms with Gasteiger partial charge in [-0.1, -0.05) is 54.6 Å². The van der Waals surface area contributed by atoms with Crippen LogP contribution in [0.15, 0.2) is 95.9 Å². The summed E-state index contributed by atoms with van der Waals surface area (Å²) in [5.74, 6) is -0.372. The number of anilines is 1. The van der Waals surface area contributed by atoms with Crippen molar-refractivity contribution in [2.45, 2.75) is 16.6 Å². The van der Waals surface area contributed by atoms with Gasteiger partial charge in [0, 0.05) is 27.8 Å². The molecule has 0 saturated carbocycles. The minimum atomic E-state index is -0.349. The highest BCUT2D eigenvalue weighted by atomic mass is 32.2. The SMILES string of the molecule is Nc1ccccc1SC(CC(=O)c1ccc(F)cc1)c1cccc2ccccc12. The molecule has 0 spiro atoms. The number of hydrogen-bond acceptors (Lipinski definition) is 3. The van der Waals surface area contributed by atoms with Gasteiger partial charge < -0.3 is 5.73 Å². The molecule has 144 valence electrons. The number of fused-ring (bicyclic) bond motifs is 1. The first kappa shape index (κ1) is 19.2. The Bertz CT molecular complexity index is 1150. The van der Waals surface area contributed by atoms with Gasteiger partial charge >= 0.3 is 0 Å². The third-order valence-corrected chi connectivity index (χ3v) is 6.23. The number of para-hydroxylation sites is 1. The molecule has 0 aliphatic rings. The summed E-state index contributed by atoms with van der Waals surface area (Å²) in [6, 6.07) is 27.7. The molecule has 0 aromatic heterocycles. The summed E-state index contributed by atoms with van der Waals surface area (Å²) in [5.41, 5.74) is 8.46. The van der Waals surface area contributed by atoms with Gasteiger partial charge in [0.2, 0.25) is 0 Å². The van der Waals surface area contributed by atoms with E-state index in [-0.39, 0.29) is 16.9 Å². The molecule has 2 N–H and O–H groups in total. The lowest BCUT2D eigenvalue weighted by Gasteiger charge is -2.19. The summed E-state index contributed by atoms with van der Waals surface area (Å²) in [4.78, 5) is 13.9. The molecule has 4 rings (SSSR count). The van der Waals surface area contributed by atoms with Gasteiger partial charge in [-0.25, -0.2) is 4.39 Å². The number of benzene rings is 4. The minimum Gasteiger partial charge on any atom is -0.398 e. The summed E-state index contributed by atoms with van der Waals surface area (Å²) in [7, 11) is 0. The van der Waals surface area contributed by atoms with Crippen molar-refractivity contribution in [3.63, 3.8) is 0 Å². The van der Waals surface area contributed by atoms with Gasteiger partial charge in [-0.2, -0.15) is 0 Å². The van der Waals surface area contributed by atoms with E-state index in [9.17, 15) is 9.18 Å². The van der Waals surface area contributed by atoms with Crippen molar-refractivity contribution in [1.29, 1.82) is 0 Å². The van der Waals surface area contributed by atoms with Crippen LogP contribution >= 0.6 is 11.8 Å². The monoisotopic (exact) mass is 401 g/mol. The number of rotatable bonds is 6. The standard InChI is InChI=1S/C25H20FNOS/c26-19-14-12-18(13-15-19)23(28)16-25(29-24-11-4-3-10-22(24)27)21-9-5-7-17-6-1-2-8-20(17)21/h1-15,25H,16,27H2. The van der Waals surface area contributed by atoms with Crippen molar-refractivity contribution in [3.05, 3.63) is 108 Å². The van der Waals surface area contributed by atoms with Gasteiger partial charge in [0.05, 0.1) is 0 Å². The quantitative estimate of drug-likeness (QED) is 0.223. The summed E-state index contributed by atoms with van der Waals surface area (Å²) >= 11 is 1.59. The lowest BCUT2D eigenvalue weighted by atomic mass is 9.97. The first-order valence-electron chi connectivity index (χ1n) is 9.39. The normalized spacial score (nSPS) is 12.0. The van der Waals surface area contributed by atoms with Gasteiger partial charge in [0.15, 0.2) is 5.78 Å². The van der Waals surface area contributed by atoms with Crippen LogP contribution in [0.25, 0.3) is 10.8 Å². The number of hydrogen-bond donors (Lipinski definition) is 1. The molecule has 1 unspecified atom stereocenters. The molecule has 0 heterocycles. The van der Waals surface area contributed by atoms with E-state index in [1.807, 2.05) is 42.5 Å². The molecule has 0 radical (unpaired) electrons. The molecular formula is C25H20FNOS. The Morgan fingerprint density at radius 2 is 1.55 bits per heavy atom. The molecule has 0 aliphatic carbocycles. The van der Waals surface area contributed by atoms with E-state index >= 15 is 0 Å². The summed E-state index contributed by atoms with van der Waals surface area (Å²) in [5, 5.41) is 2.13. The number of nitrogen functional groups attached to an aromatic ring is 1. The van der Waals surface area contributed by atoms with Crippen LogP contribution in [0.2, 0.25) is 0 Å². The third-order valence-electron chi connectivity index (χ3n) is 4.90. The molecule has 4 aromatic carbocycles. The summed E-state index contributed by atoms with van der Waals surface area (Å²) < 4.78 is 13.3. The van der Waals surface area contributed by atoms with Gasteiger partial charge in [-0.15, -0.1) is 11.8 Å². The lowest BCUT2D eigenvalue weighted by Crippen LogP contribution is -2.06. The zero-order chi connectivity index (χ0) is 20.2. The predicted octanol–water partition coefficient (Wildman–Crippen LogP) is 6.67. The van der Waals surface area contributed by atoms with Gasteiger partial charge in [0.1, 0.15) is 5.82 Å². The molecule has 0 bridgehead atoms. The van der Waals surface area contributed by atoms with E-state index in [0.717, 1.165) is 21.2 Å². The third kappa shape index (κ3) is 4.33. The summed E-state index contributed by atoms with van der Waals surface area (Å²) in [6.07, 6.45) is 0.290. The lowest BCUT2D eigenvalue weighted by molar-refractivity contribution is 0.0982. The molecular weight excluding hydrogens is 381 g/mol. The number of Topliss-reactive ketones (excluding diaryl/α,β-unsaturated/α-hetero) is 1. The average molecular weight is 402 g/mol. The number of nitrogens with two attached hydrogens (primary N) is 1. The molecule has 4 aromatic rings. The molecule has 0 aliphatic heterocycles. The second-order valence-electron chi connectivity index (χ2n) is 6.85. The van der Waals surface area contributed by atoms with Crippen molar-refractivity contribution in [3.8, 4) is 0 Å². The van der Waals surface area contributed by atoms with Crippen LogP contribution in [0.1, 0.15) is 27.6 Å². The molecule has 1 atom stereocenters. The van der Waals surface area contributed by atoms with Crippen molar-refractivity contribution in [2.75, 3.05) is 5.73 Å². The molecule has 4 heteroatoms. The van der Waals surface area contributed by atoms with E-state index in [1.54, 1.807) is 23.9 Å². The Morgan fingerprint density at radius 1 is 0.862 bits per heavy atom. The van der Waals surface area contributed by atoms with Crippen LogP contribution in [0.3, 0.4) is 0 Å². The number of halogens is 1. The maximum Gasteiger partial charge on any atom is 0.164 e. The first-order valence-corrected chi connectivity index (χ1v) is 10.3. The molecule has 0 fully saturated rings. The average Bonchev–Trinajstić information content (AvgIpc) is 2.75. The second kappa shape index (κ2) is 8.50. The summed E-state index contributed by atoms with van der Waals surface area (Å²) in [6.45, 7) is 0. The number of carbonyl (C=O) groups excluding carboxylic acids is 1.